The maximum absolute atomic E-state index is 12.2. The van der Waals surface area contributed by atoms with Gasteiger partial charge in [-0.2, -0.15) is 4.98 Å². The Morgan fingerprint density at radius 1 is 1.21 bits per heavy atom. The van der Waals surface area contributed by atoms with Gasteiger partial charge in [-0.3, -0.25) is 4.79 Å². The Morgan fingerprint density at radius 2 is 2.00 bits per heavy atom. The topological polar surface area (TPSA) is 72.2 Å². The van der Waals surface area contributed by atoms with Gasteiger partial charge in [0.25, 0.3) is 11.7 Å². The Labute approximate surface area is 148 Å². The van der Waals surface area contributed by atoms with Crippen molar-refractivity contribution < 1.29 is 4.79 Å². The van der Waals surface area contributed by atoms with E-state index in [4.69, 9.17) is 23.2 Å². The molecule has 0 bridgehead atoms. The number of fused-ring (bicyclic) bond motifs is 1. The van der Waals surface area contributed by atoms with Crippen LogP contribution in [0.4, 0.5) is 0 Å². The molecule has 3 aromatic rings. The summed E-state index contributed by atoms with van der Waals surface area (Å²) in [6, 6.07) is 7.17. The molecule has 0 atom stereocenters. The zero-order valence-corrected chi connectivity index (χ0v) is 14.7. The summed E-state index contributed by atoms with van der Waals surface area (Å²) < 4.78 is 1.55. The molecule has 1 amide bonds. The van der Waals surface area contributed by atoms with Crippen LogP contribution in [0, 0.1) is 13.8 Å². The lowest BCUT2D eigenvalue weighted by Gasteiger charge is -2.05. The molecule has 3 rings (SSSR count). The summed E-state index contributed by atoms with van der Waals surface area (Å²) in [5, 5.41) is 8.15. The van der Waals surface area contributed by atoms with Crippen LogP contribution < -0.4 is 5.32 Å². The average Bonchev–Trinajstić information content (AvgIpc) is 2.93. The summed E-state index contributed by atoms with van der Waals surface area (Å²) >= 11 is 12.0. The van der Waals surface area contributed by atoms with Crippen molar-refractivity contribution in [3.63, 3.8) is 0 Å². The molecule has 0 saturated carbocycles. The molecule has 0 saturated heterocycles. The molecule has 0 aliphatic heterocycles. The van der Waals surface area contributed by atoms with E-state index in [2.05, 4.69) is 20.4 Å². The van der Waals surface area contributed by atoms with Gasteiger partial charge in [0.1, 0.15) is 0 Å². The van der Waals surface area contributed by atoms with Crippen molar-refractivity contribution in [2.45, 2.75) is 20.3 Å². The number of rotatable bonds is 4. The second-order valence-electron chi connectivity index (χ2n) is 5.43. The third-order valence-electron chi connectivity index (χ3n) is 3.52. The van der Waals surface area contributed by atoms with Crippen molar-refractivity contribution in [3.05, 3.63) is 57.1 Å². The number of benzene rings is 1. The quantitative estimate of drug-likeness (QED) is 0.773. The summed E-state index contributed by atoms with van der Waals surface area (Å²) in [6.07, 6.45) is 0.589. The highest BCUT2D eigenvalue weighted by Gasteiger charge is 2.14. The normalized spacial score (nSPS) is 11.0. The highest BCUT2D eigenvalue weighted by Crippen LogP contribution is 2.21. The van der Waals surface area contributed by atoms with Crippen LogP contribution in [-0.4, -0.2) is 32.0 Å². The monoisotopic (exact) mass is 363 g/mol. The largest absolute Gasteiger partial charge is 0.349 e. The first kappa shape index (κ1) is 16.7. The molecular formula is C16H15Cl2N5O. The van der Waals surface area contributed by atoms with Gasteiger partial charge in [-0.15, -0.1) is 5.10 Å². The molecule has 0 spiro atoms. The molecule has 0 aliphatic rings. The van der Waals surface area contributed by atoms with Crippen LogP contribution in [0.2, 0.25) is 10.0 Å². The molecule has 0 unspecified atom stereocenters. The fraction of sp³-hybridized carbons (Fsp3) is 0.250. The number of carbonyl (C=O) groups excluding carboxylic acids is 1. The van der Waals surface area contributed by atoms with Crippen molar-refractivity contribution in [2.24, 2.45) is 0 Å². The molecule has 1 N–H and O–H groups in total. The van der Waals surface area contributed by atoms with Crippen molar-refractivity contribution >= 4 is 34.9 Å². The van der Waals surface area contributed by atoms with Gasteiger partial charge < -0.3 is 5.32 Å². The molecule has 8 heteroatoms. The predicted octanol–water partition coefficient (Wildman–Crippen LogP) is 3.02. The number of carbonyl (C=O) groups is 1. The molecule has 0 aliphatic carbocycles. The smallest absolute Gasteiger partial charge is 0.291 e. The lowest BCUT2D eigenvalue weighted by Crippen LogP contribution is -2.26. The highest BCUT2D eigenvalue weighted by atomic mass is 35.5. The average molecular weight is 364 g/mol. The minimum absolute atomic E-state index is 0.0957. The van der Waals surface area contributed by atoms with E-state index in [1.807, 2.05) is 26.0 Å². The summed E-state index contributed by atoms with van der Waals surface area (Å²) in [5.41, 5.74) is 2.62. The number of aromatic nitrogens is 4. The zero-order chi connectivity index (χ0) is 17.3. The number of nitrogens with one attached hydrogen (secondary N) is 1. The summed E-state index contributed by atoms with van der Waals surface area (Å²) in [4.78, 5) is 20.6. The molecule has 2 aromatic heterocycles. The summed E-state index contributed by atoms with van der Waals surface area (Å²) in [5.74, 6) is 0.166. The van der Waals surface area contributed by atoms with E-state index in [0.29, 0.717) is 28.8 Å². The van der Waals surface area contributed by atoms with Crippen LogP contribution in [0.5, 0.6) is 0 Å². The number of hydrogen-bond donors (Lipinski definition) is 1. The minimum atomic E-state index is -0.345. The van der Waals surface area contributed by atoms with Crippen LogP contribution in [0.15, 0.2) is 24.3 Å². The van der Waals surface area contributed by atoms with Gasteiger partial charge >= 0.3 is 0 Å². The van der Waals surface area contributed by atoms with Gasteiger partial charge in [-0.1, -0.05) is 29.3 Å². The minimum Gasteiger partial charge on any atom is -0.349 e. The third kappa shape index (κ3) is 3.49. The first-order valence-electron chi connectivity index (χ1n) is 7.37. The fourth-order valence-corrected chi connectivity index (χ4v) is 2.88. The molecule has 124 valence electrons. The second kappa shape index (κ2) is 6.75. The Morgan fingerprint density at radius 3 is 2.75 bits per heavy atom. The molecule has 0 radical (unpaired) electrons. The van der Waals surface area contributed by atoms with E-state index < -0.39 is 0 Å². The standard InChI is InChI=1S/C16H15Cl2N5O/c1-9-7-10(2)23-16(20-9)21-14(22-23)15(24)19-6-5-11-3-4-12(17)8-13(11)18/h3-4,7-8H,5-6H2,1-2H3,(H,19,24). The molecule has 24 heavy (non-hydrogen) atoms. The zero-order valence-electron chi connectivity index (χ0n) is 13.2. The molecule has 2 heterocycles. The maximum Gasteiger partial charge on any atom is 0.291 e. The molecule has 0 fully saturated rings. The fourth-order valence-electron chi connectivity index (χ4n) is 2.38. The number of aryl methyl sites for hydroxylation is 2. The molecular weight excluding hydrogens is 349 g/mol. The van der Waals surface area contributed by atoms with E-state index >= 15 is 0 Å². The van der Waals surface area contributed by atoms with Crippen LogP contribution in [0.25, 0.3) is 5.78 Å². The summed E-state index contributed by atoms with van der Waals surface area (Å²) in [6.45, 7) is 4.18. The SMILES string of the molecule is Cc1cc(C)n2nc(C(=O)NCCc3ccc(Cl)cc3Cl)nc2n1. The number of hydrogen-bond acceptors (Lipinski definition) is 4. The predicted molar refractivity (Wildman–Crippen MR) is 92.8 cm³/mol. The van der Waals surface area contributed by atoms with E-state index in [0.717, 1.165) is 17.0 Å². The second-order valence-corrected chi connectivity index (χ2v) is 6.27. The van der Waals surface area contributed by atoms with E-state index in [1.54, 1.807) is 16.6 Å². The third-order valence-corrected chi connectivity index (χ3v) is 4.10. The van der Waals surface area contributed by atoms with E-state index in [-0.39, 0.29) is 11.7 Å². The van der Waals surface area contributed by atoms with Crippen LogP contribution in [0.1, 0.15) is 27.6 Å². The van der Waals surface area contributed by atoms with Gasteiger partial charge in [-0.25, -0.2) is 9.50 Å². The van der Waals surface area contributed by atoms with E-state index in [1.165, 1.54) is 0 Å². The van der Waals surface area contributed by atoms with Crippen molar-refractivity contribution in [3.8, 4) is 0 Å². The number of halogens is 2. The van der Waals surface area contributed by atoms with Gasteiger partial charge in [0.2, 0.25) is 5.82 Å². The Balaban J connectivity index is 1.68. The first-order chi connectivity index (χ1) is 11.4. The van der Waals surface area contributed by atoms with Gasteiger partial charge in [0.05, 0.1) is 0 Å². The van der Waals surface area contributed by atoms with Gasteiger partial charge in [0, 0.05) is 28.0 Å². The lowest BCUT2D eigenvalue weighted by molar-refractivity contribution is 0.0944. The highest BCUT2D eigenvalue weighted by molar-refractivity contribution is 6.35. The van der Waals surface area contributed by atoms with Crippen LogP contribution in [-0.2, 0) is 6.42 Å². The number of amides is 1. The Hall–Kier alpha value is -2.18. The maximum atomic E-state index is 12.2. The van der Waals surface area contributed by atoms with Crippen molar-refractivity contribution in [2.75, 3.05) is 6.54 Å². The van der Waals surface area contributed by atoms with E-state index in [9.17, 15) is 4.79 Å². The lowest BCUT2D eigenvalue weighted by atomic mass is 10.1. The van der Waals surface area contributed by atoms with Gasteiger partial charge in [0.15, 0.2) is 0 Å². The molecule has 6 nitrogen and oxygen atoms in total. The summed E-state index contributed by atoms with van der Waals surface area (Å²) in [7, 11) is 0. The van der Waals surface area contributed by atoms with Crippen molar-refractivity contribution in [1.29, 1.82) is 0 Å². The van der Waals surface area contributed by atoms with Crippen molar-refractivity contribution in [1.82, 2.24) is 24.9 Å². The Kier molecular flexibility index (Phi) is 4.69. The van der Waals surface area contributed by atoms with Crippen LogP contribution >= 0.6 is 23.2 Å². The Bertz CT molecular complexity index is 922. The molecule has 1 aromatic carbocycles. The number of nitrogens with zero attached hydrogens (tertiary/aromatic N) is 4. The first-order valence-corrected chi connectivity index (χ1v) is 8.13. The van der Waals surface area contributed by atoms with Gasteiger partial charge in [-0.05, 0) is 44.0 Å². The van der Waals surface area contributed by atoms with Crippen LogP contribution in [0.3, 0.4) is 0 Å².